The fourth-order valence-electron chi connectivity index (χ4n) is 2.57. The van der Waals surface area contributed by atoms with Gasteiger partial charge in [0.25, 0.3) is 0 Å². The van der Waals surface area contributed by atoms with Crippen molar-refractivity contribution in [1.29, 1.82) is 0 Å². The molecule has 6 heteroatoms. The van der Waals surface area contributed by atoms with Gasteiger partial charge in [-0.1, -0.05) is 6.92 Å². The first kappa shape index (κ1) is 16.4. The van der Waals surface area contributed by atoms with Gasteiger partial charge >= 0.3 is 0 Å². The molecule has 1 heterocycles. The highest BCUT2D eigenvalue weighted by atomic mass is 79.9. The molecule has 0 spiro atoms. The van der Waals surface area contributed by atoms with Crippen LogP contribution in [0.25, 0.3) is 0 Å². The second-order valence-corrected chi connectivity index (χ2v) is 5.92. The summed E-state index contributed by atoms with van der Waals surface area (Å²) in [5.74, 6) is -0.307. The van der Waals surface area contributed by atoms with Gasteiger partial charge in [-0.2, -0.15) is 0 Å². The zero-order chi connectivity index (χ0) is 15.4. The average Bonchev–Trinajstić information content (AvgIpc) is 2.48. The molecular weight excluding hydrogens is 339 g/mol. The molecule has 21 heavy (non-hydrogen) atoms. The van der Waals surface area contributed by atoms with Crippen LogP contribution in [0.3, 0.4) is 0 Å². The molecule has 1 aromatic rings. The maximum atomic E-state index is 13.2. The number of benzene rings is 1. The van der Waals surface area contributed by atoms with Gasteiger partial charge in [-0.15, -0.1) is 0 Å². The zero-order valence-electron chi connectivity index (χ0n) is 12.3. The van der Waals surface area contributed by atoms with Gasteiger partial charge in [0.05, 0.1) is 24.9 Å². The van der Waals surface area contributed by atoms with E-state index >= 15 is 0 Å². The first-order chi connectivity index (χ1) is 10.0. The van der Waals surface area contributed by atoms with Crippen LogP contribution in [0.5, 0.6) is 0 Å². The Balaban J connectivity index is 2.16. The molecule has 0 bridgehead atoms. The molecule has 0 aliphatic carbocycles. The highest BCUT2D eigenvalue weighted by molar-refractivity contribution is 9.10. The molecule has 0 saturated carbocycles. The number of halogens is 2. The van der Waals surface area contributed by atoms with Gasteiger partial charge in [0.2, 0.25) is 5.91 Å². The number of morpholine rings is 1. The van der Waals surface area contributed by atoms with Gasteiger partial charge < -0.3 is 9.64 Å². The fraction of sp³-hybridized carbons (Fsp3) is 0.533. The highest BCUT2D eigenvalue weighted by Gasteiger charge is 2.29. The van der Waals surface area contributed by atoms with Crippen molar-refractivity contribution in [2.75, 3.05) is 38.3 Å². The summed E-state index contributed by atoms with van der Waals surface area (Å²) in [6, 6.07) is 4.17. The third-order valence-corrected chi connectivity index (χ3v) is 4.40. The summed E-state index contributed by atoms with van der Waals surface area (Å²) in [5, 5.41) is 0. The van der Waals surface area contributed by atoms with E-state index in [1.54, 1.807) is 18.0 Å². The quantitative estimate of drug-likeness (QED) is 0.829. The Bertz CT molecular complexity index is 506. The molecule has 4 nitrogen and oxygen atoms in total. The number of anilines is 1. The molecule has 1 aliphatic rings. The Morgan fingerprint density at radius 2 is 2.14 bits per heavy atom. The van der Waals surface area contributed by atoms with Gasteiger partial charge in [0.15, 0.2) is 0 Å². The minimum atomic E-state index is -0.327. The van der Waals surface area contributed by atoms with Crippen LogP contribution < -0.4 is 4.90 Å². The van der Waals surface area contributed by atoms with Crippen LogP contribution in [0.1, 0.15) is 13.3 Å². The van der Waals surface area contributed by atoms with Crippen molar-refractivity contribution in [3.8, 4) is 0 Å². The molecule has 0 N–H and O–H groups in total. The van der Waals surface area contributed by atoms with Crippen molar-refractivity contribution in [2.45, 2.75) is 19.4 Å². The van der Waals surface area contributed by atoms with Crippen molar-refractivity contribution in [1.82, 2.24) is 4.90 Å². The summed E-state index contributed by atoms with van der Waals surface area (Å²) < 4.78 is 19.1. The highest BCUT2D eigenvalue weighted by Crippen LogP contribution is 2.27. The normalized spacial score (nSPS) is 17.5. The van der Waals surface area contributed by atoms with E-state index < -0.39 is 0 Å². The van der Waals surface area contributed by atoms with Crippen LogP contribution >= 0.6 is 15.9 Å². The van der Waals surface area contributed by atoms with Crippen LogP contribution in [0.2, 0.25) is 0 Å². The minimum absolute atomic E-state index is 0.0201. The molecule has 2 rings (SSSR count). The Kier molecular flexibility index (Phi) is 5.72. The van der Waals surface area contributed by atoms with Gasteiger partial charge in [-0.05, 0) is 40.5 Å². The van der Waals surface area contributed by atoms with E-state index in [9.17, 15) is 9.18 Å². The third-order valence-electron chi connectivity index (χ3n) is 3.76. The van der Waals surface area contributed by atoms with Gasteiger partial charge in [-0.3, -0.25) is 9.69 Å². The number of rotatable bonds is 4. The molecule has 1 fully saturated rings. The molecule has 1 amide bonds. The number of nitrogens with zero attached hydrogens (tertiary/aromatic N) is 2. The van der Waals surface area contributed by atoms with Crippen LogP contribution in [0.15, 0.2) is 22.7 Å². The summed E-state index contributed by atoms with van der Waals surface area (Å²) in [7, 11) is 1.73. The van der Waals surface area contributed by atoms with E-state index in [-0.39, 0.29) is 17.8 Å². The summed E-state index contributed by atoms with van der Waals surface area (Å²) in [4.78, 5) is 16.5. The summed E-state index contributed by atoms with van der Waals surface area (Å²) in [6.45, 7) is 4.86. The molecule has 1 aliphatic heterocycles. The van der Waals surface area contributed by atoms with Crippen LogP contribution in [-0.2, 0) is 9.53 Å². The van der Waals surface area contributed by atoms with E-state index in [2.05, 4.69) is 20.8 Å². The SMILES string of the molecule is CCC(C(=O)N(C)c1ccc(F)cc1Br)N1CCOCC1. The standard InChI is InChI=1S/C15H20BrFN2O2/c1-3-13(19-6-8-21-9-7-19)15(20)18(2)14-5-4-11(17)10-12(14)16/h4-5,10,13H,3,6-9H2,1-2H3. The Labute approximate surface area is 133 Å². The fourth-order valence-corrected chi connectivity index (χ4v) is 3.19. The Morgan fingerprint density at radius 3 is 2.71 bits per heavy atom. The Morgan fingerprint density at radius 1 is 1.48 bits per heavy atom. The topological polar surface area (TPSA) is 32.8 Å². The van der Waals surface area contributed by atoms with Crippen molar-refractivity contribution in [2.24, 2.45) is 0 Å². The molecule has 0 radical (unpaired) electrons. The average molecular weight is 359 g/mol. The first-order valence-corrected chi connectivity index (χ1v) is 7.88. The van der Waals surface area contributed by atoms with Gasteiger partial charge in [-0.25, -0.2) is 4.39 Å². The Hall–Kier alpha value is -0.980. The maximum Gasteiger partial charge on any atom is 0.244 e. The molecule has 1 saturated heterocycles. The summed E-state index contributed by atoms with van der Waals surface area (Å²) in [5.41, 5.74) is 0.674. The summed E-state index contributed by atoms with van der Waals surface area (Å²) in [6.07, 6.45) is 0.738. The van der Waals surface area contributed by atoms with E-state index in [1.165, 1.54) is 12.1 Å². The predicted octanol–water partition coefficient (Wildman–Crippen LogP) is 2.66. The van der Waals surface area contributed by atoms with E-state index in [0.717, 1.165) is 19.5 Å². The van der Waals surface area contributed by atoms with Gasteiger partial charge in [0, 0.05) is 24.6 Å². The number of amides is 1. The van der Waals surface area contributed by atoms with Crippen LogP contribution in [-0.4, -0.2) is 50.2 Å². The van der Waals surface area contributed by atoms with E-state index in [4.69, 9.17) is 4.74 Å². The molecular formula is C15H20BrFN2O2. The lowest BCUT2D eigenvalue weighted by atomic mass is 10.1. The first-order valence-electron chi connectivity index (χ1n) is 7.09. The number of hydrogen-bond donors (Lipinski definition) is 0. The van der Waals surface area contributed by atoms with Crippen LogP contribution in [0, 0.1) is 5.82 Å². The second-order valence-electron chi connectivity index (χ2n) is 5.07. The summed E-state index contributed by atoms with van der Waals surface area (Å²) >= 11 is 3.32. The molecule has 0 aromatic heterocycles. The lowest BCUT2D eigenvalue weighted by molar-refractivity contribution is -0.125. The number of carbonyl (C=O) groups excluding carboxylic acids is 1. The number of hydrogen-bond acceptors (Lipinski definition) is 3. The van der Waals surface area contributed by atoms with E-state index in [0.29, 0.717) is 23.4 Å². The van der Waals surface area contributed by atoms with Crippen molar-refractivity contribution in [3.05, 3.63) is 28.5 Å². The van der Waals surface area contributed by atoms with E-state index in [1.807, 2.05) is 6.92 Å². The smallest absolute Gasteiger partial charge is 0.244 e. The van der Waals surface area contributed by atoms with Crippen LogP contribution in [0.4, 0.5) is 10.1 Å². The van der Waals surface area contributed by atoms with Crippen molar-refractivity contribution >= 4 is 27.5 Å². The number of ether oxygens (including phenoxy) is 1. The molecule has 1 atom stereocenters. The third kappa shape index (κ3) is 3.81. The number of carbonyl (C=O) groups is 1. The zero-order valence-corrected chi connectivity index (χ0v) is 13.9. The van der Waals surface area contributed by atoms with Gasteiger partial charge in [0.1, 0.15) is 5.82 Å². The predicted molar refractivity (Wildman–Crippen MR) is 84.0 cm³/mol. The molecule has 1 aromatic carbocycles. The lowest BCUT2D eigenvalue weighted by Gasteiger charge is -2.35. The lowest BCUT2D eigenvalue weighted by Crippen LogP contribution is -2.51. The number of likely N-dealkylation sites (N-methyl/N-ethyl adjacent to an activating group) is 1. The van der Waals surface area contributed by atoms with Crippen molar-refractivity contribution < 1.29 is 13.9 Å². The monoisotopic (exact) mass is 358 g/mol. The van der Waals surface area contributed by atoms with Crippen molar-refractivity contribution in [3.63, 3.8) is 0 Å². The molecule has 116 valence electrons. The largest absolute Gasteiger partial charge is 0.379 e. The molecule has 1 unspecified atom stereocenters. The minimum Gasteiger partial charge on any atom is -0.379 e. The second kappa shape index (κ2) is 7.33. The maximum absolute atomic E-state index is 13.2.